The molecule has 4 nitrogen and oxygen atoms in total. The molecule has 0 spiro atoms. The average molecular weight is 316 g/mol. The maximum absolute atomic E-state index is 12.7. The zero-order chi connectivity index (χ0) is 15.7. The van der Waals surface area contributed by atoms with Crippen LogP contribution in [0.1, 0.15) is 33.2 Å². The van der Waals surface area contributed by atoms with Crippen molar-refractivity contribution in [2.24, 2.45) is 5.92 Å². The van der Waals surface area contributed by atoms with Crippen molar-refractivity contribution in [3.05, 3.63) is 71.3 Å². The first-order chi connectivity index (χ1) is 10.5. The molecule has 0 saturated heterocycles. The minimum atomic E-state index is -4.37. The SMILES string of the molecule is O=C1c2ccccc2CCC1C(c1ccccc1)S(=O)(=O)O. The van der Waals surface area contributed by atoms with E-state index in [0.717, 1.165) is 5.56 Å². The Morgan fingerprint density at radius 3 is 2.32 bits per heavy atom. The van der Waals surface area contributed by atoms with Gasteiger partial charge >= 0.3 is 0 Å². The van der Waals surface area contributed by atoms with E-state index < -0.39 is 21.3 Å². The molecular weight excluding hydrogens is 300 g/mol. The molecule has 0 fully saturated rings. The van der Waals surface area contributed by atoms with Gasteiger partial charge in [0.2, 0.25) is 0 Å². The van der Waals surface area contributed by atoms with E-state index in [2.05, 4.69) is 0 Å². The molecule has 2 atom stereocenters. The third-order valence-electron chi connectivity index (χ3n) is 4.16. The molecule has 1 N–H and O–H groups in total. The van der Waals surface area contributed by atoms with E-state index >= 15 is 0 Å². The predicted molar refractivity (Wildman–Crippen MR) is 83.3 cm³/mol. The summed E-state index contributed by atoms with van der Waals surface area (Å²) in [6, 6.07) is 15.7. The molecule has 0 heterocycles. The van der Waals surface area contributed by atoms with Crippen LogP contribution in [0.25, 0.3) is 0 Å². The number of benzene rings is 2. The number of Topliss-reactive ketones (excluding diaryl/α,β-unsaturated/α-hetero) is 1. The van der Waals surface area contributed by atoms with Crippen molar-refractivity contribution in [2.45, 2.75) is 18.1 Å². The molecule has 0 aromatic heterocycles. The van der Waals surface area contributed by atoms with Crippen molar-refractivity contribution in [3.8, 4) is 0 Å². The number of rotatable bonds is 3. The lowest BCUT2D eigenvalue weighted by atomic mass is 9.79. The van der Waals surface area contributed by atoms with Crippen molar-refractivity contribution in [1.29, 1.82) is 0 Å². The van der Waals surface area contributed by atoms with E-state index in [9.17, 15) is 17.8 Å². The quantitative estimate of drug-likeness (QED) is 0.883. The van der Waals surface area contributed by atoms with Gasteiger partial charge in [0.15, 0.2) is 5.78 Å². The van der Waals surface area contributed by atoms with Gasteiger partial charge in [-0.2, -0.15) is 8.42 Å². The summed E-state index contributed by atoms with van der Waals surface area (Å²) in [7, 11) is -4.37. The van der Waals surface area contributed by atoms with Crippen molar-refractivity contribution in [1.82, 2.24) is 0 Å². The highest BCUT2D eigenvalue weighted by Gasteiger charge is 2.40. The molecule has 0 saturated carbocycles. The Hall–Kier alpha value is -1.98. The minimum Gasteiger partial charge on any atom is -0.294 e. The topological polar surface area (TPSA) is 71.4 Å². The Bertz CT molecular complexity index is 796. The Labute approximate surface area is 129 Å². The second kappa shape index (κ2) is 5.66. The highest BCUT2D eigenvalue weighted by molar-refractivity contribution is 7.86. The van der Waals surface area contributed by atoms with E-state index in [4.69, 9.17) is 0 Å². The molecule has 22 heavy (non-hydrogen) atoms. The van der Waals surface area contributed by atoms with Gasteiger partial charge in [0.25, 0.3) is 10.1 Å². The van der Waals surface area contributed by atoms with E-state index in [1.807, 2.05) is 12.1 Å². The Kier molecular flexibility index (Phi) is 3.85. The average Bonchev–Trinajstić information content (AvgIpc) is 2.50. The normalized spacial score (nSPS) is 19.5. The van der Waals surface area contributed by atoms with Crippen LogP contribution in [0.15, 0.2) is 54.6 Å². The molecule has 0 amide bonds. The number of aryl methyl sites for hydroxylation is 1. The first-order valence-corrected chi connectivity index (χ1v) is 8.62. The molecule has 2 aromatic rings. The second-order valence-electron chi connectivity index (χ2n) is 5.51. The standard InChI is InChI=1S/C17H16O4S/c18-16-14-9-5-4-6-12(14)10-11-15(16)17(22(19,20)21)13-7-2-1-3-8-13/h1-9,15,17H,10-11H2,(H,19,20,21). The van der Waals surface area contributed by atoms with E-state index in [-0.39, 0.29) is 5.78 Å². The number of carbonyl (C=O) groups excluding carboxylic acids is 1. The van der Waals surface area contributed by atoms with Gasteiger partial charge in [0, 0.05) is 11.5 Å². The fraction of sp³-hybridized carbons (Fsp3) is 0.235. The van der Waals surface area contributed by atoms with Crippen molar-refractivity contribution >= 4 is 15.9 Å². The number of carbonyl (C=O) groups is 1. The van der Waals surface area contributed by atoms with Crippen LogP contribution < -0.4 is 0 Å². The van der Waals surface area contributed by atoms with Gasteiger partial charge in [-0.3, -0.25) is 9.35 Å². The van der Waals surface area contributed by atoms with Crippen molar-refractivity contribution in [3.63, 3.8) is 0 Å². The van der Waals surface area contributed by atoms with E-state index in [1.54, 1.807) is 42.5 Å². The maximum atomic E-state index is 12.7. The van der Waals surface area contributed by atoms with Gasteiger partial charge in [-0.1, -0.05) is 54.6 Å². The fourth-order valence-electron chi connectivity index (χ4n) is 3.16. The van der Waals surface area contributed by atoms with Gasteiger partial charge in [-0.05, 0) is 24.0 Å². The van der Waals surface area contributed by atoms with Crippen LogP contribution in [0, 0.1) is 5.92 Å². The zero-order valence-electron chi connectivity index (χ0n) is 11.8. The molecule has 2 unspecified atom stereocenters. The predicted octanol–water partition coefficient (Wildman–Crippen LogP) is 3.06. The molecule has 114 valence electrons. The lowest BCUT2D eigenvalue weighted by Gasteiger charge is -2.28. The summed E-state index contributed by atoms with van der Waals surface area (Å²) in [6.07, 6.45) is 1.04. The number of hydrogen-bond acceptors (Lipinski definition) is 3. The van der Waals surface area contributed by atoms with Crippen LogP contribution in [0.2, 0.25) is 0 Å². The highest BCUT2D eigenvalue weighted by Crippen LogP contribution is 2.38. The van der Waals surface area contributed by atoms with Crippen LogP contribution in [0.5, 0.6) is 0 Å². The first-order valence-electron chi connectivity index (χ1n) is 7.12. The molecule has 2 aromatic carbocycles. The maximum Gasteiger partial charge on any atom is 0.272 e. The van der Waals surface area contributed by atoms with Crippen LogP contribution >= 0.6 is 0 Å². The van der Waals surface area contributed by atoms with Crippen LogP contribution in [-0.4, -0.2) is 18.8 Å². The van der Waals surface area contributed by atoms with Gasteiger partial charge < -0.3 is 0 Å². The summed E-state index contributed by atoms with van der Waals surface area (Å²) in [5, 5.41) is -1.21. The summed E-state index contributed by atoms with van der Waals surface area (Å²) in [4.78, 5) is 12.7. The van der Waals surface area contributed by atoms with Gasteiger partial charge in [-0.25, -0.2) is 0 Å². The van der Waals surface area contributed by atoms with E-state index in [1.165, 1.54) is 0 Å². The van der Waals surface area contributed by atoms with Gasteiger partial charge in [0.05, 0.1) is 0 Å². The molecule has 1 aliphatic rings. The summed E-state index contributed by atoms with van der Waals surface area (Å²) in [6.45, 7) is 0. The number of hydrogen-bond donors (Lipinski definition) is 1. The van der Waals surface area contributed by atoms with Crippen LogP contribution in [-0.2, 0) is 16.5 Å². The van der Waals surface area contributed by atoms with Crippen LogP contribution in [0.3, 0.4) is 0 Å². The van der Waals surface area contributed by atoms with Gasteiger partial charge in [-0.15, -0.1) is 0 Å². The third kappa shape index (κ3) is 2.69. The molecule has 1 aliphatic carbocycles. The van der Waals surface area contributed by atoms with Crippen LogP contribution in [0.4, 0.5) is 0 Å². The largest absolute Gasteiger partial charge is 0.294 e. The summed E-state index contributed by atoms with van der Waals surface area (Å²) in [5.41, 5.74) is 1.94. The summed E-state index contributed by atoms with van der Waals surface area (Å²) >= 11 is 0. The first kappa shape index (κ1) is 14.9. The lowest BCUT2D eigenvalue weighted by Crippen LogP contribution is -2.32. The van der Waals surface area contributed by atoms with Crippen molar-refractivity contribution < 1.29 is 17.8 Å². The summed E-state index contributed by atoms with van der Waals surface area (Å²) < 4.78 is 33.5. The number of ketones is 1. The molecule has 0 radical (unpaired) electrons. The second-order valence-corrected chi connectivity index (χ2v) is 7.05. The molecule has 5 heteroatoms. The van der Waals surface area contributed by atoms with E-state index in [0.29, 0.717) is 24.0 Å². The zero-order valence-corrected chi connectivity index (χ0v) is 12.7. The van der Waals surface area contributed by atoms with Gasteiger partial charge in [0.1, 0.15) is 5.25 Å². The smallest absolute Gasteiger partial charge is 0.272 e. The molecule has 0 bridgehead atoms. The Balaban J connectivity index is 2.06. The lowest BCUT2D eigenvalue weighted by molar-refractivity contribution is 0.0894. The molecule has 0 aliphatic heterocycles. The minimum absolute atomic E-state index is 0.215. The molecule has 3 rings (SSSR count). The highest BCUT2D eigenvalue weighted by atomic mass is 32.2. The Morgan fingerprint density at radius 1 is 1.00 bits per heavy atom. The molecular formula is C17H16O4S. The van der Waals surface area contributed by atoms with Crippen molar-refractivity contribution in [2.75, 3.05) is 0 Å². The Morgan fingerprint density at radius 2 is 1.64 bits per heavy atom. The monoisotopic (exact) mass is 316 g/mol. The third-order valence-corrected chi connectivity index (χ3v) is 5.40. The summed E-state index contributed by atoms with van der Waals surface area (Å²) in [5.74, 6) is -0.972. The number of fused-ring (bicyclic) bond motifs is 1. The fourth-order valence-corrected chi connectivity index (χ4v) is 4.34.